The summed E-state index contributed by atoms with van der Waals surface area (Å²) in [6.45, 7) is 2.16. The van der Waals surface area contributed by atoms with Gasteiger partial charge < -0.3 is 9.97 Å². The third-order valence-corrected chi connectivity index (χ3v) is 2.36. The van der Waals surface area contributed by atoms with Crippen molar-refractivity contribution in [1.82, 2.24) is 19.9 Å². The summed E-state index contributed by atoms with van der Waals surface area (Å²) >= 11 is 0. The number of aromatic amines is 2. The molecule has 0 unspecified atom stereocenters. The van der Waals surface area contributed by atoms with Crippen LogP contribution in [-0.4, -0.2) is 19.9 Å². The van der Waals surface area contributed by atoms with Crippen LogP contribution in [0.2, 0.25) is 0 Å². The number of rotatable bonds is 4. The van der Waals surface area contributed by atoms with E-state index in [1.807, 2.05) is 0 Å². The minimum Gasteiger partial charge on any atom is -0.336 e. The molecule has 0 aliphatic heterocycles. The van der Waals surface area contributed by atoms with Crippen LogP contribution in [0.5, 0.6) is 0 Å². The van der Waals surface area contributed by atoms with Crippen molar-refractivity contribution in [1.29, 1.82) is 0 Å². The molecule has 2 aromatic rings. The number of imidazole rings is 1. The molecule has 0 radical (unpaired) electrons. The maximum atomic E-state index is 11.4. The average molecular weight is 206 g/mol. The van der Waals surface area contributed by atoms with E-state index in [1.165, 1.54) is 19.2 Å². The molecule has 0 spiro atoms. The van der Waals surface area contributed by atoms with Gasteiger partial charge in [-0.05, 0) is 6.42 Å². The lowest BCUT2D eigenvalue weighted by molar-refractivity contribution is 0.700. The molecule has 0 bridgehead atoms. The Morgan fingerprint density at radius 1 is 1.40 bits per heavy atom. The van der Waals surface area contributed by atoms with Gasteiger partial charge in [0, 0.05) is 6.42 Å². The van der Waals surface area contributed by atoms with E-state index in [0.717, 1.165) is 18.7 Å². The highest BCUT2D eigenvalue weighted by molar-refractivity contribution is 5.68. The Labute approximate surface area is 87.0 Å². The molecule has 2 aromatic heterocycles. The maximum Gasteiger partial charge on any atom is 0.276 e. The molecule has 15 heavy (non-hydrogen) atoms. The third kappa shape index (κ3) is 2.06. The number of fused-ring (bicyclic) bond motifs is 1. The lowest BCUT2D eigenvalue weighted by Gasteiger charge is -1.93. The zero-order valence-electron chi connectivity index (χ0n) is 8.71. The highest BCUT2D eigenvalue weighted by Gasteiger charge is 2.05. The molecule has 0 amide bonds. The van der Waals surface area contributed by atoms with Crippen LogP contribution in [0.4, 0.5) is 0 Å². The largest absolute Gasteiger partial charge is 0.336 e. The predicted octanol–water partition coefficient (Wildman–Crippen LogP) is 1.38. The maximum absolute atomic E-state index is 11.4. The number of hydrogen-bond donors (Lipinski definition) is 2. The van der Waals surface area contributed by atoms with Crippen molar-refractivity contribution in [3.05, 3.63) is 22.5 Å². The van der Waals surface area contributed by atoms with Gasteiger partial charge >= 0.3 is 0 Å². The average Bonchev–Trinajstić information content (AvgIpc) is 2.63. The van der Waals surface area contributed by atoms with E-state index in [4.69, 9.17) is 0 Å². The molecular formula is C10H14N4O. The second-order valence-corrected chi connectivity index (χ2v) is 3.57. The second kappa shape index (κ2) is 4.25. The first-order valence-corrected chi connectivity index (χ1v) is 5.23. The number of hydrogen-bond acceptors (Lipinski definition) is 3. The van der Waals surface area contributed by atoms with Crippen molar-refractivity contribution in [2.45, 2.75) is 32.6 Å². The second-order valence-electron chi connectivity index (χ2n) is 3.57. The van der Waals surface area contributed by atoms with Crippen LogP contribution in [0.15, 0.2) is 11.1 Å². The highest BCUT2D eigenvalue weighted by atomic mass is 16.1. The Morgan fingerprint density at radius 2 is 2.27 bits per heavy atom. The van der Waals surface area contributed by atoms with Crippen LogP contribution in [0.3, 0.4) is 0 Å². The monoisotopic (exact) mass is 206 g/mol. The minimum atomic E-state index is -0.158. The molecular weight excluding hydrogens is 192 g/mol. The SMILES string of the molecule is CCCCCc1nc2nc[nH]c(=O)c2[nH]1. The fourth-order valence-corrected chi connectivity index (χ4v) is 1.55. The van der Waals surface area contributed by atoms with Gasteiger partial charge in [0.25, 0.3) is 5.56 Å². The zero-order valence-corrected chi connectivity index (χ0v) is 8.71. The van der Waals surface area contributed by atoms with Gasteiger partial charge in [-0.2, -0.15) is 0 Å². The van der Waals surface area contributed by atoms with Gasteiger partial charge in [-0.3, -0.25) is 4.79 Å². The molecule has 2 N–H and O–H groups in total. The molecule has 2 rings (SSSR count). The topological polar surface area (TPSA) is 74.4 Å². The van der Waals surface area contributed by atoms with E-state index >= 15 is 0 Å². The summed E-state index contributed by atoms with van der Waals surface area (Å²) in [4.78, 5) is 25.1. The first kappa shape index (κ1) is 9.89. The Hall–Kier alpha value is -1.65. The molecule has 2 heterocycles. The first-order chi connectivity index (χ1) is 7.31. The quantitative estimate of drug-likeness (QED) is 0.742. The summed E-state index contributed by atoms with van der Waals surface area (Å²) in [5.41, 5.74) is 0.823. The molecule has 0 aliphatic carbocycles. The van der Waals surface area contributed by atoms with Gasteiger partial charge in [0.1, 0.15) is 5.82 Å². The summed E-state index contributed by atoms with van der Waals surface area (Å²) < 4.78 is 0. The molecule has 0 aromatic carbocycles. The van der Waals surface area contributed by atoms with Crippen molar-refractivity contribution in [3.63, 3.8) is 0 Å². The van der Waals surface area contributed by atoms with Crippen LogP contribution in [0.25, 0.3) is 11.2 Å². The van der Waals surface area contributed by atoms with Crippen LogP contribution in [-0.2, 0) is 6.42 Å². The molecule has 0 saturated carbocycles. The van der Waals surface area contributed by atoms with Crippen molar-refractivity contribution in [3.8, 4) is 0 Å². The van der Waals surface area contributed by atoms with Gasteiger partial charge in [-0.25, -0.2) is 9.97 Å². The number of aromatic nitrogens is 4. The van der Waals surface area contributed by atoms with Gasteiger partial charge in [0.15, 0.2) is 11.2 Å². The standard InChI is InChI=1S/C10H14N4O/c1-2-3-4-5-7-13-8-9(14-7)11-6-12-10(8)15/h6H,2-5H2,1H3,(H2,11,12,13,14,15). The number of H-pyrrole nitrogens is 2. The molecule has 5 nitrogen and oxygen atoms in total. The van der Waals surface area contributed by atoms with Gasteiger partial charge in [0.05, 0.1) is 6.33 Å². The van der Waals surface area contributed by atoms with Crippen molar-refractivity contribution >= 4 is 11.2 Å². The minimum absolute atomic E-state index is 0.158. The Bertz CT molecular complexity index is 499. The van der Waals surface area contributed by atoms with Crippen LogP contribution in [0.1, 0.15) is 32.0 Å². The van der Waals surface area contributed by atoms with Crippen molar-refractivity contribution < 1.29 is 0 Å². The van der Waals surface area contributed by atoms with E-state index in [1.54, 1.807) is 0 Å². The number of nitrogens with one attached hydrogen (secondary N) is 2. The third-order valence-electron chi connectivity index (χ3n) is 2.36. The summed E-state index contributed by atoms with van der Waals surface area (Å²) in [6, 6.07) is 0. The first-order valence-electron chi connectivity index (χ1n) is 5.23. The number of nitrogens with zero attached hydrogens (tertiary/aromatic N) is 2. The molecule has 0 fully saturated rings. The Kier molecular flexibility index (Phi) is 2.80. The Morgan fingerprint density at radius 3 is 3.00 bits per heavy atom. The summed E-state index contributed by atoms with van der Waals surface area (Å²) in [7, 11) is 0. The summed E-state index contributed by atoms with van der Waals surface area (Å²) in [5, 5.41) is 0. The van der Waals surface area contributed by atoms with E-state index in [9.17, 15) is 4.79 Å². The number of aryl methyl sites for hydroxylation is 1. The zero-order chi connectivity index (χ0) is 10.7. The van der Waals surface area contributed by atoms with Gasteiger partial charge in [0.2, 0.25) is 0 Å². The molecule has 5 heteroatoms. The van der Waals surface area contributed by atoms with Gasteiger partial charge in [-0.1, -0.05) is 19.8 Å². The Balaban J connectivity index is 2.24. The smallest absolute Gasteiger partial charge is 0.276 e. The lowest BCUT2D eigenvalue weighted by Crippen LogP contribution is -2.05. The van der Waals surface area contributed by atoms with Crippen LogP contribution >= 0.6 is 0 Å². The van der Waals surface area contributed by atoms with Crippen molar-refractivity contribution in [2.24, 2.45) is 0 Å². The van der Waals surface area contributed by atoms with E-state index in [0.29, 0.717) is 11.2 Å². The fourth-order valence-electron chi connectivity index (χ4n) is 1.55. The molecule has 80 valence electrons. The predicted molar refractivity (Wildman–Crippen MR) is 57.7 cm³/mol. The number of unbranched alkanes of at least 4 members (excludes halogenated alkanes) is 2. The normalized spacial score (nSPS) is 11.0. The van der Waals surface area contributed by atoms with Crippen LogP contribution < -0.4 is 5.56 Å². The lowest BCUT2D eigenvalue weighted by atomic mass is 10.2. The van der Waals surface area contributed by atoms with E-state index in [2.05, 4.69) is 26.9 Å². The van der Waals surface area contributed by atoms with Crippen molar-refractivity contribution in [2.75, 3.05) is 0 Å². The summed E-state index contributed by atoms with van der Waals surface area (Å²) in [5.74, 6) is 0.850. The molecule has 0 atom stereocenters. The molecule has 0 aliphatic rings. The van der Waals surface area contributed by atoms with E-state index < -0.39 is 0 Å². The molecule has 0 saturated heterocycles. The fraction of sp³-hybridized carbons (Fsp3) is 0.500. The van der Waals surface area contributed by atoms with E-state index in [-0.39, 0.29) is 5.56 Å². The van der Waals surface area contributed by atoms with Gasteiger partial charge in [-0.15, -0.1) is 0 Å². The highest BCUT2D eigenvalue weighted by Crippen LogP contribution is 2.06. The van der Waals surface area contributed by atoms with Crippen LogP contribution in [0, 0.1) is 0 Å². The summed E-state index contributed by atoms with van der Waals surface area (Å²) in [6.07, 6.45) is 5.71.